The van der Waals surface area contributed by atoms with E-state index in [4.69, 9.17) is 22.8 Å². The third kappa shape index (κ3) is 5.62. The molecule has 1 fully saturated rings. The van der Waals surface area contributed by atoms with Crippen LogP contribution in [-0.2, 0) is 32.0 Å². The highest BCUT2D eigenvalue weighted by atomic mass is 31.2. The minimum absolute atomic E-state index is 0.177. The average molecular weight is 373 g/mol. The number of nitrogens with zero attached hydrogens (tertiary/aromatic N) is 1. The standard InChI is InChI=1S/C13H29NO7P2/c1-5-18-22(15,19-6-2)13(14-9-11-17-12-10-14)23(16,20-7-3)21-8-4/h13H,5-12H2,1-4H3. The molecule has 1 aliphatic rings. The maximum atomic E-state index is 13.3. The molecule has 0 bridgehead atoms. The molecule has 10 heteroatoms. The van der Waals surface area contributed by atoms with Crippen molar-refractivity contribution < 1.29 is 32.0 Å². The van der Waals surface area contributed by atoms with Crippen LogP contribution in [0.5, 0.6) is 0 Å². The number of ether oxygens (including phenoxy) is 1. The third-order valence-electron chi connectivity index (χ3n) is 3.17. The molecule has 1 heterocycles. The number of hydrogen-bond acceptors (Lipinski definition) is 8. The van der Waals surface area contributed by atoms with Gasteiger partial charge in [-0.15, -0.1) is 0 Å². The first-order valence-electron chi connectivity index (χ1n) is 8.06. The third-order valence-corrected chi connectivity index (χ3v) is 9.13. The Kier molecular flexibility index (Phi) is 9.49. The van der Waals surface area contributed by atoms with Crippen molar-refractivity contribution in [1.29, 1.82) is 0 Å². The predicted molar refractivity (Wildman–Crippen MR) is 87.9 cm³/mol. The van der Waals surface area contributed by atoms with E-state index in [9.17, 15) is 9.13 Å². The van der Waals surface area contributed by atoms with Crippen molar-refractivity contribution in [3.63, 3.8) is 0 Å². The van der Waals surface area contributed by atoms with Crippen LogP contribution in [0, 0.1) is 0 Å². The van der Waals surface area contributed by atoms with E-state index in [2.05, 4.69) is 0 Å². The molecule has 0 saturated carbocycles. The van der Waals surface area contributed by atoms with Crippen molar-refractivity contribution in [3.05, 3.63) is 0 Å². The van der Waals surface area contributed by atoms with Crippen molar-refractivity contribution in [2.45, 2.75) is 33.2 Å². The zero-order chi connectivity index (χ0) is 17.3. The van der Waals surface area contributed by atoms with Crippen LogP contribution in [0.25, 0.3) is 0 Å². The van der Waals surface area contributed by atoms with Crippen molar-refractivity contribution >= 4 is 15.2 Å². The van der Waals surface area contributed by atoms with Gasteiger partial charge in [-0.2, -0.15) is 0 Å². The number of hydrogen-bond donors (Lipinski definition) is 0. The number of rotatable bonds is 11. The highest BCUT2D eigenvalue weighted by Crippen LogP contribution is 2.71. The van der Waals surface area contributed by atoms with Crippen molar-refractivity contribution in [3.8, 4) is 0 Å². The minimum atomic E-state index is -3.72. The summed E-state index contributed by atoms with van der Waals surface area (Å²) < 4.78 is 53.8. The van der Waals surface area contributed by atoms with Gasteiger partial charge in [0, 0.05) is 13.1 Å². The van der Waals surface area contributed by atoms with Crippen LogP contribution in [0.2, 0.25) is 0 Å². The summed E-state index contributed by atoms with van der Waals surface area (Å²) in [6.07, 6.45) is 0. The Morgan fingerprint density at radius 1 is 0.826 bits per heavy atom. The molecular weight excluding hydrogens is 344 g/mol. The lowest BCUT2D eigenvalue weighted by molar-refractivity contribution is 0.0300. The summed E-state index contributed by atoms with van der Waals surface area (Å²) >= 11 is 0. The Balaban J connectivity index is 3.27. The van der Waals surface area contributed by atoms with Crippen LogP contribution in [0.15, 0.2) is 0 Å². The first kappa shape index (κ1) is 21.3. The van der Waals surface area contributed by atoms with Gasteiger partial charge >= 0.3 is 15.2 Å². The van der Waals surface area contributed by atoms with Crippen LogP contribution in [0.1, 0.15) is 27.7 Å². The smallest absolute Gasteiger partial charge is 0.360 e. The topological polar surface area (TPSA) is 83.5 Å². The van der Waals surface area contributed by atoms with Crippen LogP contribution in [-0.4, -0.2) is 63.2 Å². The SMILES string of the molecule is CCOP(=O)(OCC)C(N1CCOCC1)P(=O)(OCC)OCC. The van der Waals surface area contributed by atoms with E-state index in [1.165, 1.54) is 0 Å². The monoisotopic (exact) mass is 373 g/mol. The molecule has 1 rings (SSSR count). The van der Waals surface area contributed by atoms with E-state index in [0.29, 0.717) is 26.3 Å². The molecule has 0 aliphatic carbocycles. The van der Waals surface area contributed by atoms with E-state index in [0.717, 1.165) is 0 Å². The van der Waals surface area contributed by atoms with Gasteiger partial charge in [-0.05, 0) is 27.7 Å². The van der Waals surface area contributed by atoms with Gasteiger partial charge in [0.1, 0.15) is 0 Å². The maximum absolute atomic E-state index is 13.3. The van der Waals surface area contributed by atoms with E-state index in [1.54, 1.807) is 32.6 Å². The second-order valence-corrected chi connectivity index (χ2v) is 9.32. The van der Waals surface area contributed by atoms with E-state index < -0.39 is 20.7 Å². The predicted octanol–water partition coefficient (Wildman–Crippen LogP) is 3.13. The van der Waals surface area contributed by atoms with Gasteiger partial charge in [-0.3, -0.25) is 14.0 Å². The fraction of sp³-hybridized carbons (Fsp3) is 1.00. The molecular formula is C13H29NO7P2. The molecule has 0 aromatic carbocycles. The lowest BCUT2D eigenvalue weighted by Crippen LogP contribution is -2.44. The second-order valence-electron chi connectivity index (χ2n) is 4.75. The van der Waals surface area contributed by atoms with Crippen LogP contribution < -0.4 is 0 Å². The lowest BCUT2D eigenvalue weighted by atomic mass is 10.5. The summed E-state index contributed by atoms with van der Waals surface area (Å²) in [6.45, 7) is 9.39. The molecule has 1 aliphatic heterocycles. The molecule has 0 aromatic heterocycles. The average Bonchev–Trinajstić information content (AvgIpc) is 2.49. The zero-order valence-electron chi connectivity index (χ0n) is 14.4. The van der Waals surface area contributed by atoms with Crippen molar-refractivity contribution in [1.82, 2.24) is 4.90 Å². The van der Waals surface area contributed by atoms with Gasteiger partial charge in [-0.25, -0.2) is 0 Å². The molecule has 0 spiro atoms. The Morgan fingerprint density at radius 2 is 1.17 bits per heavy atom. The molecule has 0 N–H and O–H groups in total. The summed E-state index contributed by atoms with van der Waals surface area (Å²) in [6, 6.07) is 0. The van der Waals surface area contributed by atoms with Gasteiger partial charge in [0.2, 0.25) is 5.52 Å². The number of morpholine rings is 1. The molecule has 0 aromatic rings. The van der Waals surface area contributed by atoms with Gasteiger partial charge < -0.3 is 22.8 Å². The highest BCUT2D eigenvalue weighted by Gasteiger charge is 2.54. The molecule has 8 nitrogen and oxygen atoms in total. The van der Waals surface area contributed by atoms with E-state index in [-0.39, 0.29) is 26.4 Å². The summed E-state index contributed by atoms with van der Waals surface area (Å²) in [5.74, 6) is 0. The Labute approximate surface area is 138 Å². The quantitative estimate of drug-likeness (QED) is 0.511. The largest absolute Gasteiger partial charge is 0.379 e. The Hall–Kier alpha value is 0.220. The van der Waals surface area contributed by atoms with Crippen LogP contribution in [0.4, 0.5) is 0 Å². The van der Waals surface area contributed by atoms with Crippen molar-refractivity contribution in [2.75, 3.05) is 52.7 Å². The zero-order valence-corrected chi connectivity index (χ0v) is 16.2. The molecule has 0 radical (unpaired) electrons. The summed E-state index contributed by atoms with van der Waals surface area (Å²) in [7, 11) is -7.44. The van der Waals surface area contributed by atoms with Crippen molar-refractivity contribution in [2.24, 2.45) is 0 Å². The minimum Gasteiger partial charge on any atom is -0.379 e. The van der Waals surface area contributed by atoms with Gasteiger partial charge in [-0.1, -0.05) is 0 Å². The Morgan fingerprint density at radius 3 is 1.48 bits per heavy atom. The lowest BCUT2D eigenvalue weighted by Gasteiger charge is -2.39. The van der Waals surface area contributed by atoms with Crippen LogP contribution in [0.3, 0.4) is 0 Å². The molecule has 0 amide bonds. The normalized spacial score (nSPS) is 17.8. The second kappa shape index (κ2) is 10.3. The van der Waals surface area contributed by atoms with Gasteiger partial charge in [0.15, 0.2) is 0 Å². The fourth-order valence-electron chi connectivity index (χ4n) is 2.44. The molecule has 0 unspecified atom stereocenters. The molecule has 1 saturated heterocycles. The van der Waals surface area contributed by atoms with Gasteiger partial charge in [0.05, 0.1) is 39.6 Å². The van der Waals surface area contributed by atoms with E-state index >= 15 is 0 Å². The molecule has 23 heavy (non-hydrogen) atoms. The molecule has 138 valence electrons. The summed E-state index contributed by atoms with van der Waals surface area (Å²) in [5, 5.41) is 0. The fourth-order valence-corrected chi connectivity index (χ4v) is 8.01. The summed E-state index contributed by atoms with van der Waals surface area (Å²) in [4.78, 5) is 1.78. The van der Waals surface area contributed by atoms with Crippen LogP contribution >= 0.6 is 15.2 Å². The Bertz CT molecular complexity index is 379. The highest BCUT2D eigenvalue weighted by molar-refractivity contribution is 7.72. The van der Waals surface area contributed by atoms with E-state index in [1.807, 2.05) is 0 Å². The first-order valence-corrected chi connectivity index (χ1v) is 11.3. The molecule has 0 atom stereocenters. The first-order chi connectivity index (χ1) is 11.0. The summed E-state index contributed by atoms with van der Waals surface area (Å²) in [5.41, 5.74) is -1.08. The maximum Gasteiger partial charge on any atom is 0.360 e. The van der Waals surface area contributed by atoms with Gasteiger partial charge in [0.25, 0.3) is 0 Å².